The average Bonchev–Trinajstić information content (AvgIpc) is 1.89. The summed E-state index contributed by atoms with van der Waals surface area (Å²) in [6.07, 6.45) is 2.41. The fraction of sp³-hybridized carbons (Fsp3) is 0.778. The molecule has 0 saturated carbocycles. The van der Waals surface area contributed by atoms with Gasteiger partial charge in [-0.3, -0.25) is 0 Å². The molecule has 1 radical (unpaired) electrons. The normalized spacial score (nSPS) is 14.9. The molecule has 0 aliphatic carbocycles. The average molecular weight is 200 g/mol. The third-order valence-corrected chi connectivity index (χ3v) is 6.79. The van der Waals surface area contributed by atoms with Gasteiger partial charge in [0.1, 0.15) is 0 Å². The molecule has 0 heterocycles. The molecule has 0 aliphatic rings. The third-order valence-electron chi connectivity index (χ3n) is 1.88. The Morgan fingerprint density at radius 2 is 2.10 bits per heavy atom. The van der Waals surface area contributed by atoms with Gasteiger partial charge in [-0.2, -0.15) is 0 Å². The molecule has 1 heteroatoms. The Bertz CT molecular complexity index is 94.9. The molecule has 1 atom stereocenters. The van der Waals surface area contributed by atoms with Crippen molar-refractivity contribution in [1.29, 1.82) is 0 Å². The van der Waals surface area contributed by atoms with Gasteiger partial charge in [0, 0.05) is 0 Å². The van der Waals surface area contributed by atoms with E-state index in [4.69, 9.17) is 0 Å². The Morgan fingerprint density at radius 1 is 1.50 bits per heavy atom. The molecule has 0 bridgehead atoms. The van der Waals surface area contributed by atoms with Crippen LogP contribution in [0.1, 0.15) is 33.6 Å². The molecular formula is C9H19Ge. The topological polar surface area (TPSA) is 0 Å². The van der Waals surface area contributed by atoms with Crippen molar-refractivity contribution in [3.8, 4) is 0 Å². The van der Waals surface area contributed by atoms with Gasteiger partial charge >= 0.3 is 71.0 Å². The van der Waals surface area contributed by atoms with E-state index in [1.807, 2.05) is 0 Å². The quantitative estimate of drug-likeness (QED) is 0.610. The van der Waals surface area contributed by atoms with E-state index >= 15 is 0 Å². The zero-order chi connectivity index (χ0) is 7.98. The summed E-state index contributed by atoms with van der Waals surface area (Å²) in [5, 5.41) is 0. The minimum absolute atomic E-state index is 0.0544. The summed E-state index contributed by atoms with van der Waals surface area (Å²) >= 11 is -0.0544. The van der Waals surface area contributed by atoms with Crippen molar-refractivity contribution < 1.29 is 0 Å². The summed E-state index contributed by atoms with van der Waals surface area (Å²) in [6.45, 7) is 10.8. The van der Waals surface area contributed by atoms with Crippen LogP contribution in [0.25, 0.3) is 0 Å². The predicted octanol–water partition coefficient (Wildman–Crippen LogP) is 2.30. The number of hydrogen-bond donors (Lipinski definition) is 0. The Balaban J connectivity index is 3.71. The predicted molar refractivity (Wildman–Crippen MR) is 52.1 cm³/mol. The van der Waals surface area contributed by atoms with Crippen LogP contribution in [-0.2, 0) is 0 Å². The Labute approximate surface area is 71.4 Å². The minimum atomic E-state index is -0.0544. The maximum atomic E-state index is 3.83. The molecule has 0 aliphatic heterocycles. The third kappa shape index (κ3) is 4.26. The summed E-state index contributed by atoms with van der Waals surface area (Å²) in [5.41, 5.74) is 0. The van der Waals surface area contributed by atoms with Crippen LogP contribution in [0, 0.1) is 12.8 Å². The van der Waals surface area contributed by atoms with Gasteiger partial charge in [-0.25, -0.2) is 0 Å². The monoisotopic (exact) mass is 201 g/mol. The molecule has 1 unspecified atom stereocenters. The zero-order valence-electron chi connectivity index (χ0n) is 7.43. The molecule has 0 spiro atoms. The first-order valence-corrected chi connectivity index (χ1v) is 6.98. The molecule has 0 aromatic heterocycles. The molecule has 0 N–H and O–H groups in total. The van der Waals surface area contributed by atoms with Gasteiger partial charge < -0.3 is 0 Å². The van der Waals surface area contributed by atoms with Crippen molar-refractivity contribution >= 4 is 19.8 Å². The van der Waals surface area contributed by atoms with Crippen LogP contribution in [0.3, 0.4) is 0 Å². The van der Waals surface area contributed by atoms with Crippen molar-refractivity contribution in [3.63, 3.8) is 0 Å². The van der Waals surface area contributed by atoms with Gasteiger partial charge in [0.05, 0.1) is 0 Å². The van der Waals surface area contributed by atoms with E-state index in [0.717, 1.165) is 17.1 Å². The molecule has 0 saturated heterocycles. The van der Waals surface area contributed by atoms with E-state index in [1.54, 1.807) is 0 Å². The van der Waals surface area contributed by atoms with E-state index in [0.29, 0.717) is 0 Å². The van der Waals surface area contributed by atoms with Gasteiger partial charge in [-0.05, 0) is 0 Å². The fourth-order valence-electron chi connectivity index (χ4n) is 1.10. The number of hydrogen-bond acceptors (Lipinski definition) is 0. The first kappa shape index (κ1) is 10.4. The van der Waals surface area contributed by atoms with Crippen LogP contribution in [0.4, 0.5) is 0 Å². The second-order valence-electron chi connectivity index (χ2n) is 3.03. The molecule has 0 aromatic rings. The maximum absolute atomic E-state index is 3.83. The Morgan fingerprint density at radius 3 is 2.40 bits per heavy atom. The molecular weight excluding hydrogens is 181 g/mol. The van der Waals surface area contributed by atoms with Crippen molar-refractivity contribution in [2.45, 2.75) is 38.4 Å². The first-order chi connectivity index (χ1) is 4.72. The van der Waals surface area contributed by atoms with Crippen molar-refractivity contribution in [2.75, 3.05) is 0 Å². The first-order valence-electron chi connectivity index (χ1n) is 4.18. The molecule has 0 aromatic carbocycles. The summed E-state index contributed by atoms with van der Waals surface area (Å²) in [6, 6.07) is 0. The Kier molecular flexibility index (Phi) is 6.40. The van der Waals surface area contributed by atoms with E-state index in [9.17, 15) is 0 Å². The van der Waals surface area contributed by atoms with E-state index in [2.05, 4.69) is 32.5 Å². The summed E-state index contributed by atoms with van der Waals surface area (Å²) in [7, 11) is 0. The Hall–Kier alpha value is 0.413. The van der Waals surface area contributed by atoms with Gasteiger partial charge in [0.25, 0.3) is 0 Å². The van der Waals surface area contributed by atoms with Crippen molar-refractivity contribution in [2.24, 2.45) is 5.92 Å². The molecule has 0 fully saturated rings. The van der Waals surface area contributed by atoms with Gasteiger partial charge in [0.15, 0.2) is 0 Å². The molecule has 0 rings (SSSR count). The van der Waals surface area contributed by atoms with Crippen LogP contribution >= 0.6 is 0 Å². The van der Waals surface area contributed by atoms with E-state index < -0.39 is 0 Å². The summed E-state index contributed by atoms with van der Waals surface area (Å²) in [5.74, 6) is 0.896. The standard InChI is InChI=1S/C9H19Ge/c1-5-7-10-9(6-2)8(3)4/h7-10H,1,5-6H2,2-4H3. The SMILES string of the molecule is [CH2]C[CH]=[GeH][CH](CC)C(C)C. The van der Waals surface area contributed by atoms with Crippen LogP contribution in [0.5, 0.6) is 0 Å². The van der Waals surface area contributed by atoms with Gasteiger partial charge in [0.2, 0.25) is 0 Å². The van der Waals surface area contributed by atoms with Crippen molar-refractivity contribution in [3.05, 3.63) is 6.92 Å². The van der Waals surface area contributed by atoms with Gasteiger partial charge in [-0.15, -0.1) is 0 Å². The summed E-state index contributed by atoms with van der Waals surface area (Å²) < 4.78 is 1.03. The summed E-state index contributed by atoms with van der Waals surface area (Å²) in [4.78, 5) is 2.44. The molecule has 0 nitrogen and oxygen atoms in total. The van der Waals surface area contributed by atoms with E-state index in [1.165, 1.54) is 6.42 Å². The zero-order valence-corrected chi connectivity index (χ0v) is 9.85. The van der Waals surface area contributed by atoms with Crippen LogP contribution in [0.2, 0.25) is 4.75 Å². The van der Waals surface area contributed by atoms with E-state index in [-0.39, 0.29) is 15.0 Å². The van der Waals surface area contributed by atoms with Crippen molar-refractivity contribution in [1.82, 2.24) is 0 Å². The molecule has 59 valence electrons. The van der Waals surface area contributed by atoms with Gasteiger partial charge in [-0.1, -0.05) is 0 Å². The fourth-order valence-corrected chi connectivity index (χ4v) is 3.74. The second-order valence-corrected chi connectivity index (χ2v) is 6.63. The molecule has 10 heavy (non-hydrogen) atoms. The number of rotatable bonds is 4. The van der Waals surface area contributed by atoms with Crippen LogP contribution in [-0.4, -0.2) is 19.8 Å². The second kappa shape index (κ2) is 6.14. The van der Waals surface area contributed by atoms with Crippen LogP contribution in [0.15, 0.2) is 0 Å². The van der Waals surface area contributed by atoms with Crippen LogP contribution < -0.4 is 0 Å². The molecule has 0 amide bonds.